The second kappa shape index (κ2) is 7.11. The van der Waals surface area contributed by atoms with Gasteiger partial charge in [-0.05, 0) is 61.0 Å². The van der Waals surface area contributed by atoms with Crippen LogP contribution in [0.15, 0.2) is 66.9 Å². The lowest BCUT2D eigenvalue weighted by molar-refractivity contribution is 0.101. The molecular weight excluding hydrogens is 381 g/mol. The van der Waals surface area contributed by atoms with E-state index in [0.29, 0.717) is 29.0 Å². The van der Waals surface area contributed by atoms with E-state index in [0.717, 1.165) is 16.5 Å². The highest BCUT2D eigenvalue weighted by molar-refractivity contribution is 5.95. The highest BCUT2D eigenvalue weighted by atomic mass is 19.1. The Hall–Kier alpha value is -4.00. The van der Waals surface area contributed by atoms with E-state index in [1.807, 2.05) is 30.3 Å². The van der Waals surface area contributed by atoms with Crippen molar-refractivity contribution in [1.29, 1.82) is 0 Å². The van der Waals surface area contributed by atoms with Crippen molar-refractivity contribution in [2.24, 2.45) is 0 Å². The van der Waals surface area contributed by atoms with Gasteiger partial charge in [-0.3, -0.25) is 9.78 Å². The average Bonchev–Trinajstić information content (AvgIpc) is 3.16. The van der Waals surface area contributed by atoms with Crippen LogP contribution < -0.4 is 0 Å². The van der Waals surface area contributed by atoms with E-state index in [1.54, 1.807) is 23.0 Å². The number of aromatic nitrogens is 5. The molecule has 3 aromatic heterocycles. The third-order valence-electron chi connectivity index (χ3n) is 5.00. The summed E-state index contributed by atoms with van der Waals surface area (Å²) in [4.78, 5) is 20.7. The molecule has 0 unspecified atom stereocenters. The van der Waals surface area contributed by atoms with Crippen LogP contribution in [0.3, 0.4) is 0 Å². The Kier molecular flexibility index (Phi) is 4.28. The van der Waals surface area contributed by atoms with Crippen molar-refractivity contribution in [1.82, 2.24) is 25.0 Å². The first-order valence-electron chi connectivity index (χ1n) is 9.43. The zero-order valence-corrected chi connectivity index (χ0v) is 16.1. The Morgan fingerprint density at radius 2 is 1.90 bits per heavy atom. The number of halogens is 1. The SMILES string of the molecule is CC(=O)c1cc(-c2ccc3nnn(Cc4ccc5ncccc5c4)c3n2)ccc1F. The summed E-state index contributed by atoms with van der Waals surface area (Å²) in [6.07, 6.45) is 1.77. The van der Waals surface area contributed by atoms with Crippen molar-refractivity contribution < 1.29 is 9.18 Å². The van der Waals surface area contributed by atoms with Crippen LogP contribution >= 0.6 is 0 Å². The summed E-state index contributed by atoms with van der Waals surface area (Å²) >= 11 is 0. The van der Waals surface area contributed by atoms with E-state index >= 15 is 0 Å². The number of rotatable bonds is 4. The summed E-state index contributed by atoms with van der Waals surface area (Å²) in [6, 6.07) is 18.0. The molecule has 0 aliphatic heterocycles. The van der Waals surface area contributed by atoms with Crippen LogP contribution in [0.4, 0.5) is 4.39 Å². The lowest BCUT2D eigenvalue weighted by Gasteiger charge is -2.06. The van der Waals surface area contributed by atoms with Crippen LogP contribution in [0.1, 0.15) is 22.8 Å². The van der Waals surface area contributed by atoms with Crippen LogP contribution in [0.5, 0.6) is 0 Å². The molecule has 0 atom stereocenters. The number of hydrogen-bond acceptors (Lipinski definition) is 5. The Morgan fingerprint density at radius 3 is 2.77 bits per heavy atom. The number of hydrogen-bond donors (Lipinski definition) is 0. The monoisotopic (exact) mass is 397 g/mol. The first kappa shape index (κ1) is 18.1. The smallest absolute Gasteiger partial charge is 0.179 e. The maximum atomic E-state index is 13.9. The number of pyridine rings is 2. The third kappa shape index (κ3) is 3.20. The summed E-state index contributed by atoms with van der Waals surface area (Å²) in [7, 11) is 0. The number of carbonyl (C=O) groups excluding carboxylic acids is 1. The fraction of sp³-hybridized carbons (Fsp3) is 0.0870. The van der Waals surface area contributed by atoms with Crippen LogP contribution in [0.2, 0.25) is 0 Å². The minimum Gasteiger partial charge on any atom is -0.294 e. The van der Waals surface area contributed by atoms with Crippen molar-refractivity contribution in [3.63, 3.8) is 0 Å². The Labute approximate surface area is 171 Å². The van der Waals surface area contributed by atoms with E-state index in [1.165, 1.54) is 19.1 Å². The van der Waals surface area contributed by atoms with Crippen molar-refractivity contribution in [3.05, 3.63) is 83.8 Å². The molecule has 3 heterocycles. The highest BCUT2D eigenvalue weighted by Crippen LogP contribution is 2.23. The van der Waals surface area contributed by atoms with Gasteiger partial charge in [-0.2, -0.15) is 0 Å². The maximum absolute atomic E-state index is 13.9. The molecule has 0 fully saturated rings. The van der Waals surface area contributed by atoms with Gasteiger partial charge in [-0.1, -0.05) is 17.3 Å². The molecule has 0 aliphatic carbocycles. The molecule has 0 bridgehead atoms. The van der Waals surface area contributed by atoms with Crippen LogP contribution in [0.25, 0.3) is 33.3 Å². The highest BCUT2D eigenvalue weighted by Gasteiger charge is 2.13. The lowest BCUT2D eigenvalue weighted by atomic mass is 10.0. The van der Waals surface area contributed by atoms with E-state index in [9.17, 15) is 9.18 Å². The number of Topliss-reactive ketones (excluding diaryl/α,β-unsaturated/α-hetero) is 1. The van der Waals surface area contributed by atoms with Gasteiger partial charge in [-0.15, -0.1) is 5.10 Å². The second-order valence-corrected chi connectivity index (χ2v) is 7.07. The summed E-state index contributed by atoms with van der Waals surface area (Å²) in [6.45, 7) is 1.84. The van der Waals surface area contributed by atoms with E-state index in [4.69, 9.17) is 0 Å². The normalized spacial score (nSPS) is 11.3. The number of nitrogens with zero attached hydrogens (tertiary/aromatic N) is 5. The molecule has 6 nitrogen and oxygen atoms in total. The standard InChI is InChI=1S/C23H16FN5O/c1-14(30)18-12-17(5-6-19(18)24)21-8-9-22-23(26-21)29(28-27-22)13-15-4-7-20-16(11-15)3-2-10-25-20/h2-12H,13H2,1H3. The number of carbonyl (C=O) groups is 1. The first-order chi connectivity index (χ1) is 14.6. The van der Waals surface area contributed by atoms with E-state index < -0.39 is 5.82 Å². The predicted octanol–water partition coefficient (Wildman–Crippen LogP) is 4.43. The number of benzene rings is 2. The molecule has 0 saturated heterocycles. The number of fused-ring (bicyclic) bond motifs is 2. The van der Waals surface area contributed by atoms with Crippen LogP contribution in [-0.2, 0) is 6.54 Å². The Balaban J connectivity index is 1.54. The summed E-state index contributed by atoms with van der Waals surface area (Å²) < 4.78 is 15.6. The third-order valence-corrected chi connectivity index (χ3v) is 5.00. The predicted molar refractivity (Wildman–Crippen MR) is 112 cm³/mol. The molecule has 30 heavy (non-hydrogen) atoms. The Bertz CT molecular complexity index is 1430. The maximum Gasteiger partial charge on any atom is 0.179 e. The Morgan fingerprint density at radius 1 is 1.03 bits per heavy atom. The molecule has 5 rings (SSSR count). The quantitative estimate of drug-likeness (QED) is 0.420. The molecule has 0 amide bonds. The molecule has 7 heteroatoms. The van der Waals surface area contributed by atoms with Gasteiger partial charge < -0.3 is 0 Å². The minimum atomic E-state index is -0.537. The summed E-state index contributed by atoms with van der Waals surface area (Å²) in [5, 5.41) is 9.49. The first-order valence-corrected chi connectivity index (χ1v) is 9.43. The topological polar surface area (TPSA) is 73.6 Å². The molecule has 0 spiro atoms. The van der Waals surface area contributed by atoms with E-state index in [-0.39, 0.29) is 11.3 Å². The molecule has 2 aromatic carbocycles. The lowest BCUT2D eigenvalue weighted by Crippen LogP contribution is -2.03. The zero-order valence-electron chi connectivity index (χ0n) is 16.1. The average molecular weight is 397 g/mol. The minimum absolute atomic E-state index is 0.0470. The van der Waals surface area contributed by atoms with Gasteiger partial charge in [0, 0.05) is 17.1 Å². The van der Waals surface area contributed by atoms with Crippen molar-refractivity contribution in [2.75, 3.05) is 0 Å². The molecule has 5 aromatic rings. The van der Waals surface area contributed by atoms with Gasteiger partial charge in [0.15, 0.2) is 11.4 Å². The molecular formula is C23H16FN5O. The van der Waals surface area contributed by atoms with Crippen molar-refractivity contribution in [3.8, 4) is 11.3 Å². The van der Waals surface area contributed by atoms with Gasteiger partial charge in [0.2, 0.25) is 0 Å². The van der Waals surface area contributed by atoms with Gasteiger partial charge in [0.25, 0.3) is 0 Å². The molecule has 0 saturated carbocycles. The van der Waals surface area contributed by atoms with Gasteiger partial charge in [0.05, 0.1) is 23.3 Å². The summed E-state index contributed by atoms with van der Waals surface area (Å²) in [5.41, 5.74) is 4.59. The molecule has 146 valence electrons. The van der Waals surface area contributed by atoms with Crippen molar-refractivity contribution >= 4 is 27.9 Å². The fourth-order valence-electron chi connectivity index (χ4n) is 3.47. The van der Waals surface area contributed by atoms with Crippen LogP contribution in [0, 0.1) is 5.82 Å². The molecule has 0 N–H and O–H groups in total. The van der Waals surface area contributed by atoms with Gasteiger partial charge in [-0.25, -0.2) is 14.1 Å². The fourth-order valence-corrected chi connectivity index (χ4v) is 3.47. The largest absolute Gasteiger partial charge is 0.294 e. The van der Waals surface area contributed by atoms with Crippen molar-refractivity contribution in [2.45, 2.75) is 13.5 Å². The number of ketones is 1. The zero-order chi connectivity index (χ0) is 20.7. The molecule has 0 aliphatic rings. The van der Waals surface area contributed by atoms with Gasteiger partial charge >= 0.3 is 0 Å². The van der Waals surface area contributed by atoms with Gasteiger partial charge in [0.1, 0.15) is 11.3 Å². The molecule has 0 radical (unpaired) electrons. The summed E-state index contributed by atoms with van der Waals surface area (Å²) in [5.74, 6) is -0.863. The van der Waals surface area contributed by atoms with Crippen LogP contribution in [-0.4, -0.2) is 30.7 Å². The second-order valence-electron chi connectivity index (χ2n) is 7.07. The van der Waals surface area contributed by atoms with E-state index in [2.05, 4.69) is 26.3 Å².